The molecule has 1 amide bonds. The molecule has 1 fully saturated rings. The van der Waals surface area contributed by atoms with E-state index in [-0.39, 0.29) is 29.5 Å². The summed E-state index contributed by atoms with van der Waals surface area (Å²) >= 11 is 0. The van der Waals surface area contributed by atoms with Crippen molar-refractivity contribution < 1.29 is 23.1 Å². The number of aromatic nitrogens is 1. The molecule has 116 valence electrons. The van der Waals surface area contributed by atoms with Crippen LogP contribution in [-0.4, -0.2) is 43.0 Å². The van der Waals surface area contributed by atoms with Crippen LogP contribution in [0.25, 0.3) is 0 Å². The predicted octanol–water partition coefficient (Wildman–Crippen LogP) is 0.0500. The molecule has 0 atom stereocenters. The SMILES string of the molecule is O=C(CCCNS(=O)(=O)c1c[nH]c(C(=O)O)c1)NC1CC1. The minimum Gasteiger partial charge on any atom is -0.477 e. The van der Waals surface area contributed by atoms with Crippen LogP contribution in [0.1, 0.15) is 36.2 Å². The summed E-state index contributed by atoms with van der Waals surface area (Å²) in [4.78, 5) is 24.3. The number of nitrogens with one attached hydrogen (secondary N) is 3. The molecular weight excluding hydrogens is 298 g/mol. The number of hydrogen-bond acceptors (Lipinski definition) is 4. The molecule has 8 nitrogen and oxygen atoms in total. The molecule has 1 aliphatic rings. The topological polar surface area (TPSA) is 128 Å². The second kappa shape index (κ2) is 6.27. The lowest BCUT2D eigenvalue weighted by atomic mass is 10.3. The maximum Gasteiger partial charge on any atom is 0.352 e. The van der Waals surface area contributed by atoms with Crippen LogP contribution in [0.5, 0.6) is 0 Å². The van der Waals surface area contributed by atoms with Crippen LogP contribution in [0.15, 0.2) is 17.2 Å². The number of carboxylic acid groups (broad SMARTS) is 1. The number of carbonyl (C=O) groups is 2. The molecule has 9 heteroatoms. The van der Waals surface area contributed by atoms with E-state index in [0.29, 0.717) is 12.5 Å². The predicted molar refractivity (Wildman–Crippen MR) is 73.3 cm³/mol. The van der Waals surface area contributed by atoms with Gasteiger partial charge in [-0.2, -0.15) is 0 Å². The molecule has 0 aliphatic heterocycles. The molecule has 21 heavy (non-hydrogen) atoms. The van der Waals surface area contributed by atoms with E-state index < -0.39 is 16.0 Å². The van der Waals surface area contributed by atoms with E-state index in [1.807, 2.05) is 0 Å². The second-order valence-corrected chi connectivity index (χ2v) is 6.66. The normalized spacial score (nSPS) is 14.9. The van der Waals surface area contributed by atoms with E-state index in [1.165, 1.54) is 0 Å². The van der Waals surface area contributed by atoms with Gasteiger partial charge in [-0.25, -0.2) is 17.9 Å². The van der Waals surface area contributed by atoms with Crippen molar-refractivity contribution in [2.45, 2.75) is 36.6 Å². The third kappa shape index (κ3) is 4.57. The lowest BCUT2D eigenvalue weighted by Crippen LogP contribution is -2.28. The first-order valence-corrected chi connectivity index (χ1v) is 8.07. The standard InChI is InChI=1S/C12H17N3O5S/c16-11(15-8-3-4-8)2-1-5-14-21(19,20)9-6-10(12(17)18)13-7-9/h6-8,13-14H,1-5H2,(H,15,16)(H,17,18). The van der Waals surface area contributed by atoms with Crippen molar-refractivity contribution >= 4 is 21.9 Å². The first-order valence-electron chi connectivity index (χ1n) is 6.59. The largest absolute Gasteiger partial charge is 0.477 e. The minimum absolute atomic E-state index is 0.0773. The molecule has 0 saturated heterocycles. The van der Waals surface area contributed by atoms with Crippen LogP contribution in [0.4, 0.5) is 0 Å². The zero-order valence-electron chi connectivity index (χ0n) is 11.3. The third-order valence-corrected chi connectivity index (χ3v) is 4.45. The van der Waals surface area contributed by atoms with Gasteiger partial charge in [0.05, 0.1) is 0 Å². The number of H-pyrrole nitrogens is 1. The molecular formula is C12H17N3O5S. The van der Waals surface area contributed by atoms with Gasteiger partial charge < -0.3 is 15.4 Å². The van der Waals surface area contributed by atoms with Crippen LogP contribution < -0.4 is 10.0 Å². The Bertz CT molecular complexity index is 633. The van der Waals surface area contributed by atoms with Gasteiger partial charge in [-0.1, -0.05) is 0 Å². The van der Waals surface area contributed by atoms with Crippen molar-refractivity contribution in [3.8, 4) is 0 Å². The highest BCUT2D eigenvalue weighted by molar-refractivity contribution is 7.89. The summed E-state index contributed by atoms with van der Waals surface area (Å²) in [5, 5.41) is 11.5. The van der Waals surface area contributed by atoms with Gasteiger partial charge >= 0.3 is 5.97 Å². The summed E-state index contributed by atoms with van der Waals surface area (Å²) in [6, 6.07) is 1.34. The summed E-state index contributed by atoms with van der Waals surface area (Å²) < 4.78 is 26.1. The Kier molecular flexibility index (Phi) is 4.63. The van der Waals surface area contributed by atoms with Gasteiger partial charge in [0.25, 0.3) is 0 Å². The van der Waals surface area contributed by atoms with Gasteiger partial charge in [0.1, 0.15) is 10.6 Å². The molecule has 4 N–H and O–H groups in total. The van der Waals surface area contributed by atoms with E-state index in [1.54, 1.807) is 0 Å². The molecule has 1 heterocycles. The summed E-state index contributed by atoms with van der Waals surface area (Å²) in [7, 11) is -3.76. The number of carboxylic acids is 1. The van der Waals surface area contributed by atoms with Crippen LogP contribution in [-0.2, 0) is 14.8 Å². The molecule has 1 saturated carbocycles. The molecule has 1 aliphatic carbocycles. The zero-order chi connectivity index (χ0) is 15.5. The van der Waals surface area contributed by atoms with Crippen LogP contribution >= 0.6 is 0 Å². The third-order valence-electron chi connectivity index (χ3n) is 3.01. The van der Waals surface area contributed by atoms with Gasteiger partial charge in [0.15, 0.2) is 0 Å². The van der Waals surface area contributed by atoms with Crippen LogP contribution in [0.2, 0.25) is 0 Å². The van der Waals surface area contributed by atoms with Gasteiger partial charge in [-0.15, -0.1) is 0 Å². The fourth-order valence-corrected chi connectivity index (χ4v) is 2.79. The Morgan fingerprint density at radius 1 is 1.38 bits per heavy atom. The minimum atomic E-state index is -3.76. The van der Waals surface area contributed by atoms with Crippen molar-refractivity contribution in [3.05, 3.63) is 18.0 Å². The fourth-order valence-electron chi connectivity index (χ4n) is 1.72. The Morgan fingerprint density at radius 2 is 2.10 bits per heavy atom. The number of aromatic carboxylic acids is 1. The van der Waals surface area contributed by atoms with Gasteiger partial charge in [-0.3, -0.25) is 4.79 Å². The highest BCUT2D eigenvalue weighted by Gasteiger charge is 2.23. The van der Waals surface area contributed by atoms with Crippen LogP contribution in [0.3, 0.4) is 0 Å². The van der Waals surface area contributed by atoms with Gasteiger partial charge in [-0.05, 0) is 25.3 Å². The zero-order valence-corrected chi connectivity index (χ0v) is 12.1. The molecule has 1 aromatic heterocycles. The Hall–Kier alpha value is -1.87. The van der Waals surface area contributed by atoms with Crippen molar-refractivity contribution in [2.24, 2.45) is 0 Å². The lowest BCUT2D eigenvalue weighted by Gasteiger charge is -2.05. The Morgan fingerprint density at radius 3 is 2.67 bits per heavy atom. The molecule has 0 spiro atoms. The van der Waals surface area contributed by atoms with E-state index in [0.717, 1.165) is 25.1 Å². The van der Waals surface area contributed by atoms with Crippen molar-refractivity contribution in [3.63, 3.8) is 0 Å². The first-order chi connectivity index (χ1) is 9.88. The first kappa shape index (κ1) is 15.5. The average molecular weight is 315 g/mol. The van der Waals surface area contributed by atoms with Crippen molar-refractivity contribution in [1.82, 2.24) is 15.0 Å². The van der Waals surface area contributed by atoms with Gasteiger partial charge in [0, 0.05) is 25.2 Å². The number of amides is 1. The maximum atomic E-state index is 11.9. The maximum absolute atomic E-state index is 11.9. The second-order valence-electron chi connectivity index (χ2n) is 4.90. The summed E-state index contributed by atoms with van der Waals surface area (Å²) in [5.74, 6) is -1.31. The monoisotopic (exact) mass is 315 g/mol. The highest BCUT2D eigenvalue weighted by Crippen LogP contribution is 2.18. The number of rotatable bonds is 8. The summed E-state index contributed by atoms with van der Waals surface area (Å²) in [6.45, 7) is 0.119. The lowest BCUT2D eigenvalue weighted by molar-refractivity contribution is -0.121. The number of sulfonamides is 1. The average Bonchev–Trinajstić information content (AvgIpc) is 3.06. The van der Waals surface area contributed by atoms with Crippen molar-refractivity contribution in [1.29, 1.82) is 0 Å². The van der Waals surface area contributed by atoms with E-state index in [2.05, 4.69) is 15.0 Å². The fraction of sp³-hybridized carbons (Fsp3) is 0.500. The van der Waals surface area contributed by atoms with E-state index in [9.17, 15) is 18.0 Å². The molecule has 0 bridgehead atoms. The summed E-state index contributed by atoms with van der Waals surface area (Å²) in [6.07, 6.45) is 3.78. The Labute approximate surface area is 122 Å². The van der Waals surface area contributed by atoms with Gasteiger partial charge in [0.2, 0.25) is 15.9 Å². The molecule has 0 aromatic carbocycles. The smallest absolute Gasteiger partial charge is 0.352 e. The van der Waals surface area contributed by atoms with Crippen molar-refractivity contribution in [2.75, 3.05) is 6.54 Å². The number of carbonyl (C=O) groups excluding carboxylic acids is 1. The Balaban J connectivity index is 1.77. The quantitative estimate of drug-likeness (QED) is 0.504. The van der Waals surface area contributed by atoms with Crippen LogP contribution in [0, 0.1) is 0 Å². The highest BCUT2D eigenvalue weighted by atomic mass is 32.2. The molecule has 0 unspecified atom stereocenters. The number of aromatic amines is 1. The van der Waals surface area contributed by atoms with E-state index in [4.69, 9.17) is 5.11 Å². The molecule has 1 aromatic rings. The molecule has 2 rings (SSSR count). The summed E-state index contributed by atoms with van der Waals surface area (Å²) in [5.41, 5.74) is -0.195. The molecule has 0 radical (unpaired) electrons. The van der Waals surface area contributed by atoms with E-state index >= 15 is 0 Å². The number of hydrogen-bond donors (Lipinski definition) is 4.